The largest absolute Gasteiger partial charge is 0.378 e. The zero-order valence-electron chi connectivity index (χ0n) is 10.8. The Morgan fingerprint density at radius 2 is 1.89 bits per heavy atom. The molecule has 18 heavy (non-hydrogen) atoms. The molecule has 0 radical (unpaired) electrons. The van der Waals surface area contributed by atoms with Crippen LogP contribution in [0.25, 0.3) is 0 Å². The van der Waals surface area contributed by atoms with Gasteiger partial charge in [-0.25, -0.2) is 0 Å². The lowest BCUT2D eigenvalue weighted by molar-refractivity contribution is 0.748. The van der Waals surface area contributed by atoms with Crippen LogP contribution in [0.2, 0.25) is 0 Å². The minimum Gasteiger partial charge on any atom is -0.378 e. The van der Waals surface area contributed by atoms with Crippen LogP contribution in [-0.2, 0) is 0 Å². The normalized spacial score (nSPS) is 12.2. The van der Waals surface area contributed by atoms with E-state index < -0.39 is 0 Å². The molecule has 0 aliphatic carbocycles. The van der Waals surface area contributed by atoms with Gasteiger partial charge >= 0.3 is 0 Å². The molecule has 0 fully saturated rings. The first-order chi connectivity index (χ1) is 8.70. The Labute approximate surface area is 117 Å². The molecule has 0 amide bonds. The second kappa shape index (κ2) is 6.05. The van der Waals surface area contributed by atoms with Gasteiger partial charge in [0.1, 0.15) is 0 Å². The van der Waals surface area contributed by atoms with Gasteiger partial charge in [0.2, 0.25) is 0 Å². The first-order valence-electron chi connectivity index (χ1n) is 6.28. The van der Waals surface area contributed by atoms with E-state index in [4.69, 9.17) is 0 Å². The van der Waals surface area contributed by atoms with Crippen LogP contribution in [0.4, 0.5) is 5.69 Å². The summed E-state index contributed by atoms with van der Waals surface area (Å²) < 4.78 is 1.13. The van der Waals surface area contributed by atoms with E-state index in [2.05, 4.69) is 83.6 Å². The minimum absolute atomic E-state index is 0.351. The van der Waals surface area contributed by atoms with Gasteiger partial charge in [0.05, 0.1) is 6.04 Å². The summed E-state index contributed by atoms with van der Waals surface area (Å²) in [6, 6.07) is 17.3. The third kappa shape index (κ3) is 3.14. The van der Waals surface area contributed by atoms with E-state index in [1.165, 1.54) is 16.8 Å². The summed E-state index contributed by atoms with van der Waals surface area (Å²) in [5.74, 6) is 0. The molecule has 1 atom stereocenters. The van der Waals surface area contributed by atoms with Crippen LogP contribution in [0.15, 0.2) is 53.0 Å². The van der Waals surface area contributed by atoms with Gasteiger partial charge in [-0.1, -0.05) is 53.2 Å². The standard InChI is InChI=1S/C16H18BrN/c1-3-15(13-8-6-9-14(17)11-13)18-16-10-5-4-7-12(16)2/h4-11,15,18H,3H2,1-2H3. The van der Waals surface area contributed by atoms with Crippen LogP contribution in [0.3, 0.4) is 0 Å². The van der Waals surface area contributed by atoms with Crippen molar-refractivity contribution in [1.29, 1.82) is 0 Å². The zero-order valence-corrected chi connectivity index (χ0v) is 12.4. The fourth-order valence-electron chi connectivity index (χ4n) is 2.07. The number of para-hydroxylation sites is 1. The molecule has 0 saturated carbocycles. The number of hydrogen-bond acceptors (Lipinski definition) is 1. The second-order valence-corrected chi connectivity index (χ2v) is 5.39. The molecule has 1 N–H and O–H groups in total. The van der Waals surface area contributed by atoms with E-state index in [1.807, 2.05) is 0 Å². The number of halogens is 1. The maximum absolute atomic E-state index is 3.62. The average Bonchev–Trinajstić information content (AvgIpc) is 2.38. The summed E-state index contributed by atoms with van der Waals surface area (Å²) >= 11 is 3.53. The molecule has 2 aromatic carbocycles. The van der Waals surface area contributed by atoms with Crippen molar-refractivity contribution >= 4 is 21.6 Å². The van der Waals surface area contributed by atoms with Crippen molar-refractivity contribution < 1.29 is 0 Å². The van der Waals surface area contributed by atoms with E-state index in [1.54, 1.807) is 0 Å². The molecular formula is C16H18BrN. The molecule has 2 heteroatoms. The molecule has 2 aromatic rings. The van der Waals surface area contributed by atoms with Gasteiger partial charge in [-0.05, 0) is 42.7 Å². The maximum atomic E-state index is 3.62. The van der Waals surface area contributed by atoms with Crippen LogP contribution in [-0.4, -0.2) is 0 Å². The minimum atomic E-state index is 0.351. The lowest BCUT2D eigenvalue weighted by atomic mass is 10.0. The third-order valence-corrected chi connectivity index (χ3v) is 3.63. The molecule has 0 aromatic heterocycles. The fourth-order valence-corrected chi connectivity index (χ4v) is 2.48. The molecule has 0 aliphatic heterocycles. The van der Waals surface area contributed by atoms with Crippen molar-refractivity contribution in [1.82, 2.24) is 0 Å². The first kappa shape index (κ1) is 13.2. The smallest absolute Gasteiger partial charge is 0.0511 e. The van der Waals surface area contributed by atoms with Gasteiger partial charge in [-0.2, -0.15) is 0 Å². The van der Waals surface area contributed by atoms with Gasteiger partial charge in [-0.15, -0.1) is 0 Å². The van der Waals surface area contributed by atoms with Crippen LogP contribution in [0.1, 0.15) is 30.5 Å². The first-order valence-corrected chi connectivity index (χ1v) is 7.07. The van der Waals surface area contributed by atoms with E-state index in [0.717, 1.165) is 10.9 Å². The number of anilines is 1. The Morgan fingerprint density at radius 3 is 2.56 bits per heavy atom. The molecule has 0 aliphatic rings. The monoisotopic (exact) mass is 303 g/mol. The fraction of sp³-hybridized carbons (Fsp3) is 0.250. The second-order valence-electron chi connectivity index (χ2n) is 4.48. The SMILES string of the molecule is CCC(Nc1ccccc1C)c1cccc(Br)c1. The Kier molecular flexibility index (Phi) is 4.43. The summed E-state index contributed by atoms with van der Waals surface area (Å²) in [6.07, 6.45) is 1.06. The van der Waals surface area contributed by atoms with Gasteiger partial charge in [0, 0.05) is 10.2 Å². The highest BCUT2D eigenvalue weighted by Crippen LogP contribution is 2.26. The van der Waals surface area contributed by atoms with E-state index >= 15 is 0 Å². The van der Waals surface area contributed by atoms with Crippen molar-refractivity contribution in [2.75, 3.05) is 5.32 Å². The van der Waals surface area contributed by atoms with Gasteiger partial charge in [0.15, 0.2) is 0 Å². The van der Waals surface area contributed by atoms with Crippen LogP contribution >= 0.6 is 15.9 Å². The highest BCUT2D eigenvalue weighted by atomic mass is 79.9. The van der Waals surface area contributed by atoms with E-state index in [-0.39, 0.29) is 0 Å². The zero-order chi connectivity index (χ0) is 13.0. The van der Waals surface area contributed by atoms with Crippen LogP contribution in [0.5, 0.6) is 0 Å². The van der Waals surface area contributed by atoms with E-state index in [9.17, 15) is 0 Å². The summed E-state index contributed by atoms with van der Waals surface area (Å²) in [4.78, 5) is 0. The predicted octanol–water partition coefficient (Wildman–Crippen LogP) is 5.32. The average molecular weight is 304 g/mol. The molecule has 0 spiro atoms. The molecule has 0 saturated heterocycles. The molecule has 1 unspecified atom stereocenters. The summed E-state index contributed by atoms with van der Waals surface area (Å²) in [6.45, 7) is 4.34. The highest BCUT2D eigenvalue weighted by Gasteiger charge is 2.10. The maximum Gasteiger partial charge on any atom is 0.0511 e. The summed E-state index contributed by atoms with van der Waals surface area (Å²) in [7, 11) is 0. The topological polar surface area (TPSA) is 12.0 Å². The quantitative estimate of drug-likeness (QED) is 0.806. The number of hydrogen-bond donors (Lipinski definition) is 1. The van der Waals surface area contributed by atoms with E-state index in [0.29, 0.717) is 6.04 Å². The number of rotatable bonds is 4. The summed E-state index contributed by atoms with van der Waals surface area (Å²) in [5, 5.41) is 3.62. The predicted molar refractivity (Wildman–Crippen MR) is 82.0 cm³/mol. The number of nitrogens with one attached hydrogen (secondary N) is 1. The Bertz CT molecular complexity index is 522. The highest BCUT2D eigenvalue weighted by molar-refractivity contribution is 9.10. The van der Waals surface area contributed by atoms with Gasteiger partial charge in [-0.3, -0.25) is 0 Å². The third-order valence-electron chi connectivity index (χ3n) is 3.13. The number of aryl methyl sites for hydroxylation is 1. The summed E-state index contributed by atoms with van der Waals surface area (Å²) in [5.41, 5.74) is 3.81. The van der Waals surface area contributed by atoms with Crippen molar-refractivity contribution in [3.63, 3.8) is 0 Å². The molecule has 94 valence electrons. The Balaban J connectivity index is 2.23. The van der Waals surface area contributed by atoms with Gasteiger partial charge in [0.25, 0.3) is 0 Å². The van der Waals surface area contributed by atoms with Crippen molar-refractivity contribution in [3.05, 3.63) is 64.1 Å². The Morgan fingerprint density at radius 1 is 1.11 bits per heavy atom. The molecule has 1 nitrogen and oxygen atoms in total. The van der Waals surface area contributed by atoms with Crippen LogP contribution in [0, 0.1) is 6.92 Å². The van der Waals surface area contributed by atoms with Crippen LogP contribution < -0.4 is 5.32 Å². The van der Waals surface area contributed by atoms with Gasteiger partial charge < -0.3 is 5.32 Å². The van der Waals surface area contributed by atoms with Crippen molar-refractivity contribution in [2.24, 2.45) is 0 Å². The number of benzene rings is 2. The molecule has 0 heterocycles. The Hall–Kier alpha value is -1.28. The lowest BCUT2D eigenvalue weighted by Crippen LogP contribution is -2.10. The molecule has 0 bridgehead atoms. The van der Waals surface area contributed by atoms with Crippen molar-refractivity contribution in [2.45, 2.75) is 26.3 Å². The molecular weight excluding hydrogens is 286 g/mol. The molecule has 2 rings (SSSR count). The lowest BCUT2D eigenvalue weighted by Gasteiger charge is -2.20. The van der Waals surface area contributed by atoms with Crippen molar-refractivity contribution in [3.8, 4) is 0 Å².